The van der Waals surface area contributed by atoms with Crippen LogP contribution in [0, 0.1) is 6.92 Å². The number of hydrogen-bond acceptors (Lipinski definition) is 6. The normalized spacial score (nSPS) is 14.7. The lowest BCUT2D eigenvalue weighted by Crippen LogP contribution is -2.48. The third-order valence-corrected chi connectivity index (χ3v) is 7.41. The number of pyridine rings is 1. The molecule has 1 fully saturated rings. The van der Waals surface area contributed by atoms with Gasteiger partial charge in [-0.3, -0.25) is 4.98 Å². The van der Waals surface area contributed by atoms with E-state index in [2.05, 4.69) is 56.5 Å². The van der Waals surface area contributed by atoms with Crippen molar-refractivity contribution in [1.29, 1.82) is 0 Å². The van der Waals surface area contributed by atoms with Crippen LogP contribution in [0.25, 0.3) is 27.7 Å². The quantitative estimate of drug-likeness (QED) is 0.410. The van der Waals surface area contributed by atoms with Gasteiger partial charge in [-0.05, 0) is 53.9 Å². The van der Waals surface area contributed by atoms with Gasteiger partial charge in [0, 0.05) is 62.5 Å². The van der Waals surface area contributed by atoms with Gasteiger partial charge in [-0.2, -0.15) is 9.61 Å². The fraction of sp³-hybridized carbons (Fsp3) is 0.360. The summed E-state index contributed by atoms with van der Waals surface area (Å²) < 4.78 is 2.40. The van der Waals surface area contributed by atoms with Crippen molar-refractivity contribution in [1.82, 2.24) is 34.7 Å². The number of fused-ring (bicyclic) bond motifs is 2. The zero-order valence-corrected chi connectivity index (χ0v) is 21.7. The molecule has 1 aliphatic heterocycles. The second-order valence-corrected chi connectivity index (χ2v) is 10.1. The molecule has 10 heteroatoms. The van der Waals surface area contributed by atoms with E-state index in [4.69, 9.17) is 10.7 Å². The molecule has 1 aliphatic rings. The molecule has 35 heavy (non-hydrogen) atoms. The Hall–Kier alpha value is -3.24. The number of halogens is 1. The van der Waals surface area contributed by atoms with Gasteiger partial charge in [-0.25, -0.2) is 9.78 Å². The Morgan fingerprint density at radius 3 is 2.74 bits per heavy atom. The Kier molecular flexibility index (Phi) is 6.33. The number of rotatable bonds is 4. The molecular weight excluding hydrogens is 508 g/mol. The average Bonchev–Trinajstić information content (AvgIpc) is 3.28. The van der Waals surface area contributed by atoms with Crippen LogP contribution in [0.15, 0.2) is 41.1 Å². The van der Waals surface area contributed by atoms with E-state index in [0.29, 0.717) is 24.1 Å². The minimum Gasteiger partial charge on any atom is -0.383 e. The van der Waals surface area contributed by atoms with Gasteiger partial charge in [-0.15, -0.1) is 0 Å². The van der Waals surface area contributed by atoms with E-state index < -0.39 is 0 Å². The predicted octanol–water partition coefficient (Wildman–Crippen LogP) is 3.83. The van der Waals surface area contributed by atoms with Crippen LogP contribution in [-0.2, 0) is 6.54 Å². The van der Waals surface area contributed by atoms with Crippen molar-refractivity contribution in [3.63, 3.8) is 0 Å². The van der Waals surface area contributed by atoms with E-state index >= 15 is 0 Å². The zero-order valence-electron chi connectivity index (χ0n) is 20.1. The van der Waals surface area contributed by atoms with Crippen molar-refractivity contribution in [3.05, 3.63) is 52.4 Å². The molecule has 0 bridgehead atoms. The number of nitrogens with one attached hydrogen (secondary N) is 1. The smallest absolute Gasteiger partial charge is 0.319 e. The van der Waals surface area contributed by atoms with Crippen molar-refractivity contribution in [3.8, 4) is 11.1 Å². The van der Waals surface area contributed by atoms with Crippen LogP contribution in [0.1, 0.15) is 24.1 Å². The molecule has 3 N–H and O–H groups in total. The monoisotopic (exact) mass is 536 g/mol. The molecule has 2 amide bonds. The first-order chi connectivity index (χ1) is 16.8. The van der Waals surface area contributed by atoms with Crippen LogP contribution in [0.5, 0.6) is 0 Å². The third-order valence-electron chi connectivity index (χ3n) is 6.55. The minimum absolute atomic E-state index is 0.0673. The summed E-state index contributed by atoms with van der Waals surface area (Å²) in [6.45, 7) is 4.12. The van der Waals surface area contributed by atoms with Gasteiger partial charge in [0.15, 0.2) is 5.65 Å². The molecular formula is C25H29BrN8O. The van der Waals surface area contributed by atoms with Gasteiger partial charge in [0.2, 0.25) is 0 Å². The number of nitrogens with zero attached hydrogens (tertiary/aromatic N) is 6. The van der Waals surface area contributed by atoms with E-state index in [-0.39, 0.29) is 6.03 Å². The summed E-state index contributed by atoms with van der Waals surface area (Å²) in [5.74, 6) is 0.508. The van der Waals surface area contributed by atoms with Crippen molar-refractivity contribution in [2.24, 2.45) is 0 Å². The van der Waals surface area contributed by atoms with E-state index in [1.807, 2.05) is 17.2 Å². The number of aromatic nitrogens is 4. The maximum atomic E-state index is 12.2. The molecule has 4 aromatic rings. The summed E-state index contributed by atoms with van der Waals surface area (Å²) in [5, 5.41) is 9.17. The molecule has 182 valence electrons. The number of hydrogen-bond donors (Lipinski definition) is 2. The number of aryl methyl sites for hydroxylation is 1. The van der Waals surface area contributed by atoms with Gasteiger partial charge in [0.05, 0.1) is 21.9 Å². The average molecular weight is 537 g/mol. The first-order valence-electron chi connectivity index (χ1n) is 11.7. The van der Waals surface area contributed by atoms with Gasteiger partial charge >= 0.3 is 6.03 Å². The number of nitrogens with two attached hydrogens (primary N) is 1. The summed E-state index contributed by atoms with van der Waals surface area (Å²) >= 11 is 3.62. The number of benzene rings is 1. The SMILES string of the molecule is Cc1ccc2ncc(-c3cnn4c(N)c(Br)c(CNC5CCN(C(=O)N(C)C)CC5)nc34)cc2c1. The molecule has 1 aromatic carbocycles. The van der Waals surface area contributed by atoms with Crippen LogP contribution >= 0.6 is 15.9 Å². The van der Waals surface area contributed by atoms with Crippen LogP contribution in [-0.4, -0.2) is 68.6 Å². The topological polar surface area (TPSA) is 105 Å². The molecule has 9 nitrogen and oxygen atoms in total. The van der Waals surface area contributed by atoms with Gasteiger partial charge < -0.3 is 20.9 Å². The molecule has 0 spiro atoms. The van der Waals surface area contributed by atoms with E-state index in [9.17, 15) is 4.79 Å². The Morgan fingerprint density at radius 2 is 2.00 bits per heavy atom. The number of anilines is 1. The molecule has 0 atom stereocenters. The highest BCUT2D eigenvalue weighted by molar-refractivity contribution is 9.10. The first kappa shape index (κ1) is 23.5. The summed E-state index contributed by atoms with van der Waals surface area (Å²) in [6.07, 6.45) is 5.44. The molecule has 0 radical (unpaired) electrons. The fourth-order valence-corrected chi connectivity index (χ4v) is 4.96. The third kappa shape index (κ3) is 4.55. The van der Waals surface area contributed by atoms with Crippen molar-refractivity contribution in [2.45, 2.75) is 32.4 Å². The van der Waals surface area contributed by atoms with Crippen molar-refractivity contribution < 1.29 is 4.79 Å². The van der Waals surface area contributed by atoms with Gasteiger partial charge in [-0.1, -0.05) is 11.6 Å². The van der Waals surface area contributed by atoms with E-state index in [0.717, 1.165) is 58.1 Å². The summed E-state index contributed by atoms with van der Waals surface area (Å²) in [4.78, 5) is 25.3. The molecule has 3 aromatic heterocycles. The summed E-state index contributed by atoms with van der Waals surface area (Å²) in [6, 6.07) is 8.72. The Labute approximate surface area is 212 Å². The standard InChI is InChI=1S/C25H29BrN8O/c1-15-4-5-20-16(10-15)11-17(12-29-20)19-13-30-34-23(27)22(26)21(31-24(19)34)14-28-18-6-8-33(9-7-18)25(35)32(2)3/h4-5,10-13,18,28H,6-9,14,27H2,1-3H3. The van der Waals surface area contributed by atoms with Crippen molar-refractivity contribution in [2.75, 3.05) is 32.9 Å². The maximum absolute atomic E-state index is 12.2. The zero-order chi connectivity index (χ0) is 24.7. The van der Waals surface area contributed by atoms with Crippen LogP contribution in [0.2, 0.25) is 0 Å². The summed E-state index contributed by atoms with van der Waals surface area (Å²) in [5.41, 5.74) is 11.9. The molecule has 0 saturated carbocycles. The Balaban J connectivity index is 1.38. The second kappa shape index (κ2) is 9.43. The van der Waals surface area contributed by atoms with Crippen LogP contribution in [0.4, 0.5) is 10.6 Å². The Bertz CT molecular complexity index is 1410. The van der Waals surface area contributed by atoms with Crippen LogP contribution < -0.4 is 11.1 Å². The molecule has 0 unspecified atom stereocenters. The predicted molar refractivity (Wildman–Crippen MR) is 141 cm³/mol. The Morgan fingerprint density at radius 1 is 1.23 bits per heavy atom. The lowest BCUT2D eigenvalue weighted by atomic mass is 10.1. The number of amides is 2. The second-order valence-electron chi connectivity index (χ2n) is 9.29. The summed E-state index contributed by atoms with van der Waals surface area (Å²) in [7, 11) is 3.58. The highest BCUT2D eigenvalue weighted by Crippen LogP contribution is 2.31. The van der Waals surface area contributed by atoms with Gasteiger partial charge in [0.25, 0.3) is 0 Å². The molecule has 1 saturated heterocycles. The van der Waals surface area contributed by atoms with E-state index in [1.165, 1.54) is 5.56 Å². The van der Waals surface area contributed by atoms with Gasteiger partial charge in [0.1, 0.15) is 5.82 Å². The molecule has 4 heterocycles. The first-order valence-corrected chi connectivity index (χ1v) is 12.5. The number of carbonyl (C=O) groups excluding carboxylic acids is 1. The van der Waals surface area contributed by atoms with E-state index in [1.54, 1.807) is 29.7 Å². The highest BCUT2D eigenvalue weighted by Gasteiger charge is 2.24. The number of nitrogen functional groups attached to an aromatic ring is 1. The highest BCUT2D eigenvalue weighted by atomic mass is 79.9. The number of carbonyl (C=O) groups is 1. The number of piperidine rings is 1. The maximum Gasteiger partial charge on any atom is 0.319 e. The van der Waals surface area contributed by atoms with Crippen molar-refractivity contribution >= 4 is 44.3 Å². The van der Waals surface area contributed by atoms with Crippen LogP contribution in [0.3, 0.4) is 0 Å². The number of urea groups is 1. The lowest BCUT2D eigenvalue weighted by Gasteiger charge is -2.34. The lowest BCUT2D eigenvalue weighted by molar-refractivity contribution is 0.152. The fourth-order valence-electron chi connectivity index (χ4n) is 4.56. The minimum atomic E-state index is 0.0673. The molecule has 5 rings (SSSR count). The molecule has 0 aliphatic carbocycles. The number of likely N-dealkylation sites (tertiary alicyclic amines) is 1. The largest absolute Gasteiger partial charge is 0.383 e.